The van der Waals surface area contributed by atoms with Crippen LogP contribution in [-0.4, -0.2) is 10.1 Å². The molecule has 0 aliphatic rings. The van der Waals surface area contributed by atoms with Gasteiger partial charge in [0.05, 0.1) is 0 Å². The maximum Gasteiger partial charge on any atom is 0.138 e. The number of hydrogen-bond acceptors (Lipinski definition) is 3. The summed E-state index contributed by atoms with van der Waals surface area (Å²) in [4.78, 5) is 4.10. The van der Waals surface area contributed by atoms with E-state index in [4.69, 9.17) is 4.42 Å². The molecule has 1 atom stereocenters. The number of aromatic nitrogens is 1. The molecule has 20 heavy (non-hydrogen) atoms. The second-order valence-corrected chi connectivity index (χ2v) is 5.02. The fraction of sp³-hybridized carbons (Fsp3) is 0.235. The Morgan fingerprint density at radius 2 is 2.10 bits per heavy atom. The van der Waals surface area contributed by atoms with E-state index >= 15 is 0 Å². The molecular weight excluding hydrogens is 250 g/mol. The van der Waals surface area contributed by atoms with E-state index in [0.29, 0.717) is 5.76 Å². The largest absolute Gasteiger partial charge is 0.458 e. The van der Waals surface area contributed by atoms with Crippen molar-refractivity contribution in [3.63, 3.8) is 0 Å². The lowest BCUT2D eigenvalue weighted by Gasteiger charge is -2.11. The third kappa shape index (κ3) is 2.21. The van der Waals surface area contributed by atoms with Crippen LogP contribution in [0.2, 0.25) is 0 Å². The Labute approximate surface area is 117 Å². The van der Waals surface area contributed by atoms with E-state index in [0.717, 1.165) is 28.5 Å². The Morgan fingerprint density at radius 1 is 1.25 bits per heavy atom. The van der Waals surface area contributed by atoms with E-state index in [2.05, 4.69) is 18.0 Å². The molecule has 0 radical (unpaired) electrons. The number of aliphatic hydroxyl groups excluding tert-OH is 1. The fourth-order valence-corrected chi connectivity index (χ4v) is 2.47. The summed E-state index contributed by atoms with van der Waals surface area (Å²) in [6, 6.07) is 9.76. The van der Waals surface area contributed by atoms with Gasteiger partial charge in [-0.15, -0.1) is 0 Å². The number of pyridine rings is 1. The molecule has 2 heterocycles. The molecule has 0 aliphatic carbocycles. The zero-order valence-corrected chi connectivity index (χ0v) is 11.6. The predicted molar refractivity (Wildman–Crippen MR) is 78.6 cm³/mol. The number of fused-ring (bicyclic) bond motifs is 1. The van der Waals surface area contributed by atoms with Gasteiger partial charge in [-0.05, 0) is 48.7 Å². The number of rotatable bonds is 3. The third-order valence-corrected chi connectivity index (χ3v) is 3.58. The lowest BCUT2D eigenvalue weighted by molar-refractivity contribution is 0.191. The van der Waals surface area contributed by atoms with Crippen molar-refractivity contribution in [3.05, 3.63) is 65.2 Å². The van der Waals surface area contributed by atoms with Crippen molar-refractivity contribution in [1.82, 2.24) is 4.98 Å². The molecule has 0 saturated heterocycles. The van der Waals surface area contributed by atoms with Crippen molar-refractivity contribution in [2.24, 2.45) is 0 Å². The molecule has 0 amide bonds. The lowest BCUT2D eigenvalue weighted by Crippen LogP contribution is -2.02. The van der Waals surface area contributed by atoms with Crippen molar-refractivity contribution in [1.29, 1.82) is 0 Å². The highest BCUT2D eigenvalue weighted by Crippen LogP contribution is 2.30. The maximum atomic E-state index is 10.6. The highest BCUT2D eigenvalue weighted by Gasteiger charge is 2.18. The number of hydrogen-bond donors (Lipinski definition) is 1. The first-order chi connectivity index (χ1) is 9.69. The average Bonchev–Trinajstić information content (AvgIpc) is 2.89. The molecule has 1 aromatic carbocycles. The molecule has 0 bridgehead atoms. The fourth-order valence-electron chi connectivity index (χ4n) is 2.47. The minimum Gasteiger partial charge on any atom is -0.458 e. The monoisotopic (exact) mass is 267 g/mol. The van der Waals surface area contributed by atoms with Crippen LogP contribution < -0.4 is 0 Å². The molecule has 3 nitrogen and oxygen atoms in total. The van der Waals surface area contributed by atoms with Gasteiger partial charge in [-0.2, -0.15) is 0 Å². The van der Waals surface area contributed by atoms with Crippen LogP contribution in [0, 0.1) is 6.92 Å². The standard InChI is InChI=1S/C17H17NO2/c1-3-12-10-18-7-6-14(12)17(19)16-9-13-8-11(2)4-5-15(13)20-16/h4-10,17,19H,3H2,1-2H3. The number of aliphatic hydroxyl groups is 1. The van der Waals surface area contributed by atoms with Crippen LogP contribution in [0.1, 0.15) is 35.5 Å². The van der Waals surface area contributed by atoms with Gasteiger partial charge >= 0.3 is 0 Å². The molecule has 0 saturated carbocycles. The van der Waals surface area contributed by atoms with E-state index in [9.17, 15) is 5.11 Å². The van der Waals surface area contributed by atoms with Gasteiger partial charge in [-0.25, -0.2) is 0 Å². The van der Waals surface area contributed by atoms with Crippen LogP contribution in [0.25, 0.3) is 11.0 Å². The van der Waals surface area contributed by atoms with Gasteiger partial charge in [0.2, 0.25) is 0 Å². The van der Waals surface area contributed by atoms with Gasteiger partial charge in [-0.3, -0.25) is 4.98 Å². The Hall–Kier alpha value is -2.13. The van der Waals surface area contributed by atoms with Crippen molar-refractivity contribution in [3.8, 4) is 0 Å². The van der Waals surface area contributed by atoms with Crippen LogP contribution in [0.4, 0.5) is 0 Å². The SMILES string of the molecule is CCc1cnccc1C(O)c1cc2cc(C)ccc2o1. The number of aryl methyl sites for hydroxylation is 2. The molecule has 3 heteroatoms. The zero-order chi connectivity index (χ0) is 14.1. The van der Waals surface area contributed by atoms with Crippen LogP contribution in [-0.2, 0) is 6.42 Å². The van der Waals surface area contributed by atoms with Gasteiger partial charge in [-0.1, -0.05) is 18.6 Å². The summed E-state index contributed by atoms with van der Waals surface area (Å²) >= 11 is 0. The molecule has 0 spiro atoms. The van der Waals surface area contributed by atoms with Crippen molar-refractivity contribution >= 4 is 11.0 Å². The molecule has 0 aliphatic heterocycles. The first kappa shape index (κ1) is 12.9. The van der Waals surface area contributed by atoms with Gasteiger partial charge in [0.25, 0.3) is 0 Å². The summed E-state index contributed by atoms with van der Waals surface area (Å²) in [5.41, 5.74) is 3.88. The Kier molecular flexibility index (Phi) is 3.28. The highest BCUT2D eigenvalue weighted by molar-refractivity contribution is 5.78. The molecule has 1 N–H and O–H groups in total. The average molecular weight is 267 g/mol. The molecule has 3 aromatic rings. The Balaban J connectivity index is 2.05. The van der Waals surface area contributed by atoms with Gasteiger partial charge in [0.1, 0.15) is 17.4 Å². The minimum atomic E-state index is -0.749. The zero-order valence-electron chi connectivity index (χ0n) is 11.6. The van der Waals surface area contributed by atoms with Gasteiger partial charge < -0.3 is 9.52 Å². The third-order valence-electron chi connectivity index (χ3n) is 3.58. The van der Waals surface area contributed by atoms with E-state index in [1.807, 2.05) is 31.2 Å². The second kappa shape index (κ2) is 5.10. The first-order valence-corrected chi connectivity index (χ1v) is 6.80. The summed E-state index contributed by atoms with van der Waals surface area (Å²) in [6.45, 7) is 4.09. The Morgan fingerprint density at radius 3 is 2.90 bits per heavy atom. The first-order valence-electron chi connectivity index (χ1n) is 6.80. The summed E-state index contributed by atoms with van der Waals surface area (Å²) in [5.74, 6) is 0.575. The van der Waals surface area contributed by atoms with E-state index in [-0.39, 0.29) is 0 Å². The summed E-state index contributed by atoms with van der Waals surface area (Å²) < 4.78 is 5.77. The van der Waals surface area contributed by atoms with Gasteiger partial charge in [0, 0.05) is 17.8 Å². The normalized spacial score (nSPS) is 12.8. The summed E-state index contributed by atoms with van der Waals surface area (Å²) in [7, 11) is 0. The van der Waals surface area contributed by atoms with Gasteiger partial charge in [0.15, 0.2) is 0 Å². The molecule has 3 rings (SSSR count). The summed E-state index contributed by atoms with van der Waals surface area (Å²) in [6.07, 6.45) is 3.58. The van der Waals surface area contributed by atoms with Crippen LogP contribution in [0.3, 0.4) is 0 Å². The van der Waals surface area contributed by atoms with Crippen LogP contribution >= 0.6 is 0 Å². The quantitative estimate of drug-likeness (QED) is 0.785. The minimum absolute atomic E-state index is 0.575. The molecule has 102 valence electrons. The molecule has 2 aromatic heterocycles. The Bertz CT molecular complexity index is 746. The highest BCUT2D eigenvalue weighted by atomic mass is 16.4. The molecule has 1 unspecified atom stereocenters. The van der Waals surface area contributed by atoms with E-state index in [1.54, 1.807) is 12.4 Å². The number of furan rings is 1. The number of nitrogens with zero attached hydrogens (tertiary/aromatic N) is 1. The van der Waals surface area contributed by atoms with Crippen molar-refractivity contribution in [2.75, 3.05) is 0 Å². The maximum absolute atomic E-state index is 10.6. The van der Waals surface area contributed by atoms with E-state index < -0.39 is 6.10 Å². The van der Waals surface area contributed by atoms with Crippen LogP contribution in [0.15, 0.2) is 47.1 Å². The van der Waals surface area contributed by atoms with Crippen molar-refractivity contribution in [2.45, 2.75) is 26.4 Å². The molecular formula is C17H17NO2. The molecule has 0 fully saturated rings. The second-order valence-electron chi connectivity index (χ2n) is 5.02. The topological polar surface area (TPSA) is 46.3 Å². The number of benzene rings is 1. The van der Waals surface area contributed by atoms with Crippen molar-refractivity contribution < 1.29 is 9.52 Å². The summed E-state index contributed by atoms with van der Waals surface area (Å²) in [5, 5.41) is 11.6. The smallest absolute Gasteiger partial charge is 0.138 e. The predicted octanol–water partition coefficient (Wildman–Crippen LogP) is 3.78. The van der Waals surface area contributed by atoms with E-state index in [1.165, 1.54) is 5.56 Å². The lowest BCUT2D eigenvalue weighted by atomic mass is 10.0. The van der Waals surface area contributed by atoms with Crippen LogP contribution in [0.5, 0.6) is 0 Å².